The maximum Gasteiger partial charge on any atom is 0.213 e. The summed E-state index contributed by atoms with van der Waals surface area (Å²) in [7, 11) is 1.58. The molecule has 0 amide bonds. The lowest BCUT2D eigenvalue weighted by atomic mass is 10.1. The molecule has 0 radical (unpaired) electrons. The van der Waals surface area contributed by atoms with E-state index in [9.17, 15) is 9.90 Å². The molecule has 3 rings (SSSR count). The van der Waals surface area contributed by atoms with E-state index in [1.165, 1.54) is 6.08 Å². The molecule has 0 aliphatic carbocycles. The van der Waals surface area contributed by atoms with Gasteiger partial charge in [0.05, 0.1) is 13.1 Å². The maximum absolute atomic E-state index is 11.6. The lowest BCUT2D eigenvalue weighted by molar-refractivity contribution is -0.297. The van der Waals surface area contributed by atoms with Crippen LogP contribution < -0.4 is 9.84 Å². The van der Waals surface area contributed by atoms with E-state index in [2.05, 4.69) is 15.2 Å². The molecule has 0 aliphatic rings. The van der Waals surface area contributed by atoms with E-state index in [4.69, 9.17) is 16.3 Å². The SMILES string of the molecule is COc1ccc(/C=C(\Sc2n[nH]c(-c3ccc(Cl)cc3)n2)C(=O)[O-])c(C)c1. The number of hydrogen-bond acceptors (Lipinski definition) is 6. The van der Waals surface area contributed by atoms with Crippen molar-refractivity contribution < 1.29 is 14.6 Å². The van der Waals surface area contributed by atoms with Gasteiger partial charge in [0.25, 0.3) is 0 Å². The molecule has 27 heavy (non-hydrogen) atoms. The van der Waals surface area contributed by atoms with Crippen LogP contribution in [0.1, 0.15) is 11.1 Å². The summed E-state index contributed by atoms with van der Waals surface area (Å²) >= 11 is 6.80. The Balaban J connectivity index is 1.85. The second kappa shape index (κ2) is 8.28. The number of carboxylic acid groups (broad SMARTS) is 1. The fraction of sp³-hybridized carbons (Fsp3) is 0.105. The average molecular weight is 401 g/mol. The smallest absolute Gasteiger partial charge is 0.213 e. The minimum absolute atomic E-state index is 0.00456. The molecule has 0 spiro atoms. The molecule has 3 aromatic rings. The fourth-order valence-electron chi connectivity index (χ4n) is 2.34. The first kappa shape index (κ1) is 19.0. The van der Waals surface area contributed by atoms with Crippen molar-refractivity contribution in [3.05, 3.63) is 63.5 Å². The number of hydrogen-bond donors (Lipinski definition) is 1. The number of aromatic amines is 1. The Kier molecular flexibility index (Phi) is 5.83. The zero-order chi connectivity index (χ0) is 19.4. The topological polar surface area (TPSA) is 90.9 Å². The third-order valence-electron chi connectivity index (χ3n) is 3.75. The van der Waals surface area contributed by atoms with Crippen molar-refractivity contribution in [1.29, 1.82) is 0 Å². The quantitative estimate of drug-likeness (QED) is 0.504. The molecule has 1 N–H and O–H groups in total. The van der Waals surface area contributed by atoms with E-state index in [0.29, 0.717) is 16.6 Å². The van der Waals surface area contributed by atoms with E-state index in [1.807, 2.05) is 13.0 Å². The standard InChI is InChI=1S/C19H16ClN3O3S/c1-11-9-15(26-2)8-5-13(11)10-16(18(24)25)27-19-21-17(22-23-19)12-3-6-14(20)7-4-12/h3-10H,1-2H3,(H,24,25)(H,21,22,23)/p-1/b16-10-. The number of nitrogens with one attached hydrogen (secondary N) is 1. The molecule has 2 aromatic carbocycles. The molecule has 0 saturated carbocycles. The molecule has 1 aromatic heterocycles. The summed E-state index contributed by atoms with van der Waals surface area (Å²) in [5.41, 5.74) is 2.42. The summed E-state index contributed by atoms with van der Waals surface area (Å²) in [4.78, 5) is 15.9. The van der Waals surface area contributed by atoms with Crippen LogP contribution in [0.2, 0.25) is 5.02 Å². The van der Waals surface area contributed by atoms with E-state index in [1.54, 1.807) is 43.5 Å². The number of benzene rings is 2. The monoisotopic (exact) mass is 400 g/mol. The van der Waals surface area contributed by atoms with Gasteiger partial charge in [-0.25, -0.2) is 4.98 Å². The number of thioether (sulfide) groups is 1. The zero-order valence-electron chi connectivity index (χ0n) is 14.5. The van der Waals surface area contributed by atoms with Gasteiger partial charge in [-0.3, -0.25) is 5.10 Å². The summed E-state index contributed by atoms with van der Waals surface area (Å²) in [6, 6.07) is 12.5. The summed E-state index contributed by atoms with van der Waals surface area (Å²) in [5, 5.41) is 19.3. The number of ether oxygens (including phenoxy) is 1. The van der Waals surface area contributed by atoms with Crippen molar-refractivity contribution in [1.82, 2.24) is 15.2 Å². The zero-order valence-corrected chi connectivity index (χ0v) is 16.1. The molecule has 0 saturated heterocycles. The number of carbonyl (C=O) groups is 1. The van der Waals surface area contributed by atoms with Crippen molar-refractivity contribution in [2.75, 3.05) is 7.11 Å². The number of aryl methyl sites for hydroxylation is 1. The van der Waals surface area contributed by atoms with Crippen molar-refractivity contribution in [3.8, 4) is 17.1 Å². The first-order valence-electron chi connectivity index (χ1n) is 7.90. The molecule has 0 bridgehead atoms. The molecule has 6 nitrogen and oxygen atoms in total. The van der Waals surface area contributed by atoms with Gasteiger partial charge in [-0.1, -0.05) is 17.7 Å². The number of methoxy groups -OCH3 is 1. The van der Waals surface area contributed by atoms with Crippen molar-refractivity contribution >= 4 is 35.4 Å². The lowest BCUT2D eigenvalue weighted by Gasteiger charge is -2.08. The summed E-state index contributed by atoms with van der Waals surface area (Å²) in [5.74, 6) is -0.0746. The van der Waals surface area contributed by atoms with Gasteiger partial charge in [0.15, 0.2) is 5.82 Å². The van der Waals surface area contributed by atoms with Gasteiger partial charge in [0, 0.05) is 15.5 Å². The number of carboxylic acids is 1. The molecule has 0 fully saturated rings. The van der Waals surface area contributed by atoms with Crippen LogP contribution in [0.3, 0.4) is 0 Å². The van der Waals surface area contributed by atoms with Gasteiger partial charge in [-0.05, 0) is 72.3 Å². The van der Waals surface area contributed by atoms with Crippen LogP contribution in [0.4, 0.5) is 0 Å². The van der Waals surface area contributed by atoms with Crippen molar-refractivity contribution in [2.45, 2.75) is 12.1 Å². The van der Waals surface area contributed by atoms with Crippen LogP contribution in [-0.4, -0.2) is 28.3 Å². The third kappa shape index (κ3) is 4.69. The first-order chi connectivity index (χ1) is 13.0. The Hall–Kier alpha value is -2.77. The average Bonchev–Trinajstić information content (AvgIpc) is 3.11. The minimum Gasteiger partial charge on any atom is -0.544 e. The lowest BCUT2D eigenvalue weighted by Crippen LogP contribution is -2.23. The molecule has 0 aliphatic heterocycles. The Bertz CT molecular complexity index is 1000. The number of rotatable bonds is 6. The molecule has 0 atom stereocenters. The number of nitrogens with zero attached hydrogens (tertiary/aromatic N) is 2. The minimum atomic E-state index is -1.30. The van der Waals surface area contributed by atoms with Gasteiger partial charge < -0.3 is 14.6 Å². The van der Waals surface area contributed by atoms with E-state index in [-0.39, 0.29) is 10.1 Å². The Morgan fingerprint density at radius 1 is 1.26 bits per heavy atom. The summed E-state index contributed by atoms with van der Waals surface area (Å²) in [6.45, 7) is 1.87. The predicted molar refractivity (Wildman–Crippen MR) is 103 cm³/mol. The highest BCUT2D eigenvalue weighted by atomic mass is 35.5. The number of halogens is 1. The Labute approximate surface area is 165 Å². The number of carbonyl (C=O) groups excluding carboxylic acids is 1. The van der Waals surface area contributed by atoms with Gasteiger partial charge in [0.2, 0.25) is 5.16 Å². The van der Waals surface area contributed by atoms with Gasteiger partial charge in [-0.15, -0.1) is 5.10 Å². The number of aromatic nitrogens is 3. The number of aliphatic carboxylic acids is 1. The molecule has 1 heterocycles. The molecule has 8 heteroatoms. The maximum atomic E-state index is 11.6. The van der Waals surface area contributed by atoms with E-state index in [0.717, 1.165) is 28.5 Å². The fourth-order valence-corrected chi connectivity index (χ4v) is 3.16. The molecule has 0 unspecified atom stereocenters. The largest absolute Gasteiger partial charge is 0.544 e. The van der Waals surface area contributed by atoms with Crippen LogP contribution in [0.15, 0.2) is 52.5 Å². The normalized spacial score (nSPS) is 11.4. The predicted octanol–water partition coefficient (Wildman–Crippen LogP) is 3.33. The molecular weight excluding hydrogens is 386 g/mol. The van der Waals surface area contributed by atoms with Crippen LogP contribution >= 0.6 is 23.4 Å². The highest BCUT2D eigenvalue weighted by Crippen LogP contribution is 2.28. The van der Waals surface area contributed by atoms with Gasteiger partial charge in [-0.2, -0.15) is 0 Å². The van der Waals surface area contributed by atoms with Crippen LogP contribution in [0, 0.1) is 6.92 Å². The third-order valence-corrected chi connectivity index (χ3v) is 4.87. The van der Waals surface area contributed by atoms with Crippen LogP contribution in [0.25, 0.3) is 17.5 Å². The summed E-state index contributed by atoms with van der Waals surface area (Å²) in [6.07, 6.45) is 1.53. The van der Waals surface area contributed by atoms with Crippen LogP contribution in [-0.2, 0) is 4.79 Å². The number of H-pyrrole nitrogens is 1. The molecular formula is C19H15ClN3O3S-. The van der Waals surface area contributed by atoms with E-state index >= 15 is 0 Å². The second-order valence-electron chi connectivity index (χ2n) is 5.59. The van der Waals surface area contributed by atoms with Gasteiger partial charge >= 0.3 is 0 Å². The highest BCUT2D eigenvalue weighted by Gasteiger charge is 2.11. The van der Waals surface area contributed by atoms with E-state index < -0.39 is 5.97 Å². The summed E-state index contributed by atoms with van der Waals surface area (Å²) < 4.78 is 5.16. The van der Waals surface area contributed by atoms with Crippen LogP contribution in [0.5, 0.6) is 5.75 Å². The molecule has 138 valence electrons. The van der Waals surface area contributed by atoms with Gasteiger partial charge in [0.1, 0.15) is 5.75 Å². The second-order valence-corrected chi connectivity index (χ2v) is 7.04. The highest BCUT2D eigenvalue weighted by molar-refractivity contribution is 8.04. The Morgan fingerprint density at radius 3 is 2.63 bits per heavy atom. The first-order valence-corrected chi connectivity index (χ1v) is 9.09. The van der Waals surface area contributed by atoms with Crippen molar-refractivity contribution in [3.63, 3.8) is 0 Å². The Morgan fingerprint density at radius 2 is 2.00 bits per heavy atom. The van der Waals surface area contributed by atoms with Crippen molar-refractivity contribution in [2.24, 2.45) is 0 Å².